The van der Waals surface area contributed by atoms with Crippen molar-refractivity contribution in [2.75, 3.05) is 39.6 Å². The minimum Gasteiger partial charge on any atom is -0.462 e. The van der Waals surface area contributed by atoms with Crippen molar-refractivity contribution in [3.8, 4) is 0 Å². The van der Waals surface area contributed by atoms with Crippen LogP contribution in [-0.4, -0.2) is 96.7 Å². The summed E-state index contributed by atoms with van der Waals surface area (Å²) in [6.45, 7) is 14.2. The average Bonchev–Trinajstić information content (AvgIpc) is 1.71. The number of phosphoric ester groups is 2. The summed E-state index contributed by atoms with van der Waals surface area (Å²) in [5.41, 5.74) is 0. The fraction of sp³-hybridized carbons (Fsp3) is 0.947. The van der Waals surface area contributed by atoms with Crippen molar-refractivity contribution in [2.24, 2.45) is 23.7 Å². The van der Waals surface area contributed by atoms with Crippen LogP contribution in [0.4, 0.5) is 0 Å². The number of esters is 4. The van der Waals surface area contributed by atoms with E-state index in [9.17, 15) is 43.2 Å². The van der Waals surface area contributed by atoms with E-state index in [1.807, 2.05) is 0 Å². The molecule has 0 saturated heterocycles. The van der Waals surface area contributed by atoms with Crippen molar-refractivity contribution in [3.05, 3.63) is 0 Å². The van der Waals surface area contributed by atoms with Gasteiger partial charge in [-0.05, 0) is 49.4 Å². The Morgan fingerprint density at radius 1 is 0.295 bits per heavy atom. The van der Waals surface area contributed by atoms with Crippen LogP contribution < -0.4 is 0 Å². The van der Waals surface area contributed by atoms with Crippen LogP contribution in [0.2, 0.25) is 0 Å². The normalized spacial score (nSPS) is 14.4. The monoisotopic (exact) mass is 1400 g/mol. The molecule has 0 aromatic rings. The maximum atomic E-state index is 13.1. The number of rotatable bonds is 73. The number of aliphatic hydroxyl groups is 1. The van der Waals surface area contributed by atoms with Gasteiger partial charge in [-0.15, -0.1) is 0 Å². The van der Waals surface area contributed by atoms with Crippen molar-refractivity contribution < 1.29 is 80.2 Å². The highest BCUT2D eigenvalue weighted by Gasteiger charge is 2.30. The number of hydrogen-bond acceptors (Lipinski definition) is 15. The number of phosphoric acid groups is 2. The van der Waals surface area contributed by atoms with Crippen LogP contribution in [-0.2, 0) is 65.4 Å². The first kappa shape index (κ1) is 93.1. The summed E-state index contributed by atoms with van der Waals surface area (Å²) >= 11 is 0. The molecule has 6 atom stereocenters. The molecule has 0 rings (SSSR count). The third-order valence-electron chi connectivity index (χ3n) is 17.9. The summed E-state index contributed by atoms with van der Waals surface area (Å²) in [4.78, 5) is 72.8. The molecular formula is C76H148O17P2. The number of unbranched alkanes of at least 4 members (excludes halogenated alkanes) is 38. The second kappa shape index (κ2) is 65.4. The van der Waals surface area contributed by atoms with E-state index < -0.39 is 97.5 Å². The number of ether oxygens (including phenoxy) is 4. The molecule has 95 heavy (non-hydrogen) atoms. The Bertz CT molecular complexity index is 1870. The van der Waals surface area contributed by atoms with Crippen LogP contribution in [0, 0.1) is 23.7 Å². The Balaban J connectivity index is 5.24. The zero-order valence-electron chi connectivity index (χ0n) is 62.3. The van der Waals surface area contributed by atoms with Gasteiger partial charge < -0.3 is 33.8 Å². The van der Waals surface area contributed by atoms with Crippen LogP contribution in [0.15, 0.2) is 0 Å². The first-order chi connectivity index (χ1) is 45.6. The molecule has 0 heterocycles. The predicted molar refractivity (Wildman–Crippen MR) is 386 cm³/mol. The van der Waals surface area contributed by atoms with Crippen molar-refractivity contribution >= 4 is 39.5 Å². The molecule has 0 fully saturated rings. The van der Waals surface area contributed by atoms with Crippen LogP contribution in [0.25, 0.3) is 0 Å². The number of aliphatic hydroxyl groups excluding tert-OH is 1. The largest absolute Gasteiger partial charge is 0.472 e. The Morgan fingerprint density at radius 2 is 0.505 bits per heavy atom. The molecule has 0 radical (unpaired) electrons. The molecule has 19 heteroatoms. The van der Waals surface area contributed by atoms with E-state index in [2.05, 4.69) is 55.4 Å². The molecule has 17 nitrogen and oxygen atoms in total. The van der Waals surface area contributed by atoms with Gasteiger partial charge in [-0.25, -0.2) is 9.13 Å². The Morgan fingerprint density at radius 3 is 0.747 bits per heavy atom. The summed E-state index contributed by atoms with van der Waals surface area (Å²) in [5, 5.41) is 10.6. The third kappa shape index (κ3) is 69.0. The lowest BCUT2D eigenvalue weighted by molar-refractivity contribution is -0.161. The molecule has 0 spiro atoms. The second-order valence-corrected chi connectivity index (χ2v) is 32.0. The smallest absolute Gasteiger partial charge is 0.462 e. The van der Waals surface area contributed by atoms with Gasteiger partial charge in [0, 0.05) is 25.7 Å². The van der Waals surface area contributed by atoms with Crippen molar-refractivity contribution in [2.45, 2.75) is 401 Å². The zero-order valence-corrected chi connectivity index (χ0v) is 64.1. The fourth-order valence-electron chi connectivity index (χ4n) is 11.5. The van der Waals surface area contributed by atoms with Gasteiger partial charge in [0.15, 0.2) is 12.2 Å². The van der Waals surface area contributed by atoms with Gasteiger partial charge in [-0.2, -0.15) is 0 Å². The molecule has 0 saturated carbocycles. The lowest BCUT2D eigenvalue weighted by atomic mass is 10.00. The van der Waals surface area contributed by atoms with Gasteiger partial charge in [-0.1, -0.05) is 331 Å². The highest BCUT2D eigenvalue weighted by Crippen LogP contribution is 2.45. The molecule has 0 amide bonds. The minimum atomic E-state index is -4.96. The van der Waals surface area contributed by atoms with Crippen molar-refractivity contribution in [3.63, 3.8) is 0 Å². The summed E-state index contributed by atoms with van der Waals surface area (Å²) < 4.78 is 68.5. The molecular weight excluding hydrogens is 1250 g/mol. The van der Waals surface area contributed by atoms with Gasteiger partial charge >= 0.3 is 39.5 Å². The van der Waals surface area contributed by atoms with Gasteiger partial charge in [-0.3, -0.25) is 37.3 Å². The van der Waals surface area contributed by atoms with Crippen LogP contribution in [0.5, 0.6) is 0 Å². The van der Waals surface area contributed by atoms with Crippen LogP contribution in [0.1, 0.15) is 383 Å². The summed E-state index contributed by atoms with van der Waals surface area (Å²) in [7, 11) is -9.91. The van der Waals surface area contributed by atoms with E-state index in [1.165, 1.54) is 180 Å². The molecule has 0 bridgehead atoms. The molecule has 564 valence electrons. The van der Waals surface area contributed by atoms with Gasteiger partial charge in [0.2, 0.25) is 0 Å². The molecule has 0 aliphatic carbocycles. The first-order valence-corrected chi connectivity index (χ1v) is 42.2. The topological polar surface area (TPSA) is 237 Å². The first-order valence-electron chi connectivity index (χ1n) is 39.2. The van der Waals surface area contributed by atoms with E-state index in [1.54, 1.807) is 0 Å². The highest BCUT2D eigenvalue weighted by molar-refractivity contribution is 7.47. The van der Waals surface area contributed by atoms with Crippen molar-refractivity contribution in [1.82, 2.24) is 0 Å². The quantitative estimate of drug-likeness (QED) is 0.0222. The summed E-state index contributed by atoms with van der Waals surface area (Å²) in [6, 6.07) is 0. The van der Waals surface area contributed by atoms with Gasteiger partial charge in [0.1, 0.15) is 19.3 Å². The van der Waals surface area contributed by atoms with E-state index in [0.29, 0.717) is 25.7 Å². The zero-order chi connectivity index (χ0) is 70.3. The van der Waals surface area contributed by atoms with E-state index >= 15 is 0 Å². The van der Waals surface area contributed by atoms with Gasteiger partial charge in [0.05, 0.1) is 26.4 Å². The Kier molecular flexibility index (Phi) is 64.0. The predicted octanol–water partition coefficient (Wildman–Crippen LogP) is 22.0. The van der Waals surface area contributed by atoms with E-state index in [0.717, 1.165) is 120 Å². The highest BCUT2D eigenvalue weighted by atomic mass is 31.2. The third-order valence-corrected chi connectivity index (χ3v) is 19.8. The second-order valence-electron chi connectivity index (χ2n) is 29.1. The molecule has 0 aliphatic heterocycles. The fourth-order valence-corrected chi connectivity index (χ4v) is 13.1. The van der Waals surface area contributed by atoms with Crippen LogP contribution >= 0.6 is 15.6 Å². The standard InChI is InChI=1S/C76H148O17P2/c1-9-69(8)55-47-39-34-35-41-49-57-74(79)87-63-72(93-76(81)59-51-43-33-27-21-24-30-38-46-54-68(6)7)65-91-95(84,85)89-61-70(77)60-88-94(82,83)90-64-71(62-86-73(78)56-48-40-31-25-20-16-18-23-29-37-45-53-67(4)5)92-75(80)58-50-42-32-26-19-15-13-11-10-12-14-17-22-28-36-44-52-66(2)3/h66-72,77H,9-65H2,1-8H3,(H,82,83)(H,84,85)/t69?,70-,71-,72-/m1/s1. The molecule has 0 aromatic carbocycles. The van der Waals surface area contributed by atoms with Crippen LogP contribution in [0.3, 0.4) is 0 Å². The molecule has 0 aromatic heterocycles. The number of hydrogen-bond donors (Lipinski definition) is 3. The van der Waals surface area contributed by atoms with Gasteiger partial charge in [0.25, 0.3) is 0 Å². The Labute approximate surface area is 581 Å². The molecule has 3 N–H and O–H groups in total. The minimum absolute atomic E-state index is 0.104. The molecule has 0 aliphatic rings. The number of carbonyl (C=O) groups is 4. The lowest BCUT2D eigenvalue weighted by Gasteiger charge is -2.21. The lowest BCUT2D eigenvalue weighted by Crippen LogP contribution is -2.30. The average molecular weight is 1400 g/mol. The maximum absolute atomic E-state index is 13.1. The summed E-state index contributed by atoms with van der Waals surface area (Å²) in [5.74, 6) is 0.925. The maximum Gasteiger partial charge on any atom is 0.472 e. The summed E-state index contributed by atoms with van der Waals surface area (Å²) in [6.07, 6.45) is 50.0. The Hall–Kier alpha value is -1.94. The molecule has 3 unspecified atom stereocenters. The van der Waals surface area contributed by atoms with Crippen molar-refractivity contribution in [1.29, 1.82) is 0 Å². The van der Waals surface area contributed by atoms with E-state index in [-0.39, 0.29) is 25.7 Å². The SMILES string of the molecule is CCC(C)CCCCCCCCC(=O)OC[C@H](COP(=O)(O)OC[C@H](O)COP(=O)(O)OC[C@@H](COC(=O)CCCCCCCCCCCCCC(C)C)OC(=O)CCCCCCCCCCCCCCCCCCC(C)C)OC(=O)CCCCCCCCCCCC(C)C. The number of carbonyl (C=O) groups excluding carboxylic acids is 4. The van der Waals surface area contributed by atoms with E-state index in [4.69, 9.17) is 37.0 Å².